The third-order valence-electron chi connectivity index (χ3n) is 2.79. The lowest BCUT2D eigenvalue weighted by Crippen LogP contribution is -2.05. The van der Waals surface area contributed by atoms with Gasteiger partial charge in [-0.05, 0) is 36.3 Å². The normalized spacial score (nSPS) is 10.7. The number of benzene rings is 2. The molecule has 0 aliphatic heterocycles. The van der Waals surface area contributed by atoms with E-state index in [0.29, 0.717) is 0 Å². The number of aromatic hydroxyl groups is 1. The number of phenolic OH excluding ortho intramolecular Hbond substituents is 1. The Bertz CT molecular complexity index is 615. The maximum absolute atomic E-state index is 11.8. The van der Waals surface area contributed by atoms with Crippen LogP contribution in [0.3, 0.4) is 0 Å². The van der Waals surface area contributed by atoms with Crippen LogP contribution in [0.4, 0.5) is 0 Å². The summed E-state index contributed by atoms with van der Waals surface area (Å²) in [6, 6.07) is 14.6. The van der Waals surface area contributed by atoms with Crippen LogP contribution in [-0.2, 0) is 4.74 Å². The van der Waals surface area contributed by atoms with Crippen molar-refractivity contribution in [2.24, 2.45) is 0 Å². The van der Waals surface area contributed by atoms with Crippen molar-refractivity contribution in [1.29, 1.82) is 0 Å². The third kappa shape index (κ3) is 3.72. The molecule has 2 aromatic carbocycles. The van der Waals surface area contributed by atoms with Crippen molar-refractivity contribution >= 4 is 12.0 Å². The number of carbonyl (C=O) groups excluding carboxylic acids is 1. The van der Waals surface area contributed by atoms with E-state index < -0.39 is 5.97 Å². The van der Waals surface area contributed by atoms with Crippen molar-refractivity contribution in [1.82, 2.24) is 0 Å². The number of ether oxygens (including phenoxy) is 1. The van der Waals surface area contributed by atoms with Crippen LogP contribution >= 0.6 is 0 Å². The lowest BCUT2D eigenvalue weighted by molar-refractivity contribution is 0.0547. The Morgan fingerprint density at radius 1 is 1.20 bits per heavy atom. The van der Waals surface area contributed by atoms with E-state index in [2.05, 4.69) is 0 Å². The topological polar surface area (TPSA) is 46.5 Å². The van der Waals surface area contributed by atoms with Crippen LogP contribution in [0, 0.1) is 6.92 Å². The minimum atomic E-state index is -0.528. The van der Waals surface area contributed by atoms with Gasteiger partial charge in [0, 0.05) is 0 Å². The fourth-order valence-corrected chi connectivity index (χ4v) is 1.76. The number of phenols is 1. The molecule has 0 aromatic heterocycles. The molecule has 1 N–H and O–H groups in total. The molecule has 0 spiro atoms. The Morgan fingerprint density at radius 2 is 1.95 bits per heavy atom. The number of hydrogen-bond donors (Lipinski definition) is 1. The van der Waals surface area contributed by atoms with Crippen LogP contribution < -0.4 is 0 Å². The second-order valence-corrected chi connectivity index (χ2v) is 4.43. The summed E-state index contributed by atoms with van der Waals surface area (Å²) in [6.45, 7) is 2.01. The van der Waals surface area contributed by atoms with Crippen LogP contribution in [-0.4, -0.2) is 17.7 Å². The second-order valence-electron chi connectivity index (χ2n) is 4.43. The van der Waals surface area contributed by atoms with E-state index in [1.54, 1.807) is 18.2 Å². The highest BCUT2D eigenvalue weighted by Crippen LogP contribution is 2.19. The van der Waals surface area contributed by atoms with Gasteiger partial charge in [0.25, 0.3) is 0 Å². The predicted octanol–water partition coefficient (Wildman–Crippen LogP) is 3.57. The smallest absolute Gasteiger partial charge is 0.342 e. The molecule has 0 amide bonds. The van der Waals surface area contributed by atoms with Gasteiger partial charge in [-0.3, -0.25) is 0 Å². The van der Waals surface area contributed by atoms with E-state index in [0.717, 1.165) is 11.1 Å². The summed E-state index contributed by atoms with van der Waals surface area (Å²) in [5.41, 5.74) is 2.12. The van der Waals surface area contributed by atoms with E-state index in [1.165, 1.54) is 6.07 Å². The van der Waals surface area contributed by atoms with Crippen molar-refractivity contribution in [3.05, 3.63) is 71.3 Å². The molecule has 0 saturated carbocycles. The van der Waals surface area contributed by atoms with Gasteiger partial charge < -0.3 is 9.84 Å². The van der Waals surface area contributed by atoms with Crippen molar-refractivity contribution in [2.75, 3.05) is 6.61 Å². The molecule has 3 heteroatoms. The summed E-state index contributed by atoms with van der Waals surface area (Å²) in [6.07, 6.45) is 3.64. The lowest BCUT2D eigenvalue weighted by Gasteiger charge is -2.05. The molecule has 0 fully saturated rings. The number of hydrogen-bond acceptors (Lipinski definition) is 3. The van der Waals surface area contributed by atoms with E-state index in [4.69, 9.17) is 4.74 Å². The van der Waals surface area contributed by atoms with Gasteiger partial charge in [-0.1, -0.05) is 42.5 Å². The number of rotatable bonds is 4. The molecule has 0 aliphatic rings. The predicted molar refractivity (Wildman–Crippen MR) is 78.6 cm³/mol. The fourth-order valence-electron chi connectivity index (χ4n) is 1.76. The van der Waals surface area contributed by atoms with E-state index in [9.17, 15) is 9.90 Å². The van der Waals surface area contributed by atoms with Crippen LogP contribution in [0.2, 0.25) is 0 Å². The SMILES string of the molecule is Cc1ccc(C(=O)OCC=Cc2ccccc2)c(O)c1. The third-order valence-corrected chi connectivity index (χ3v) is 2.79. The monoisotopic (exact) mass is 268 g/mol. The first kappa shape index (κ1) is 13.9. The molecule has 102 valence electrons. The van der Waals surface area contributed by atoms with Crippen molar-refractivity contribution in [3.63, 3.8) is 0 Å². The van der Waals surface area contributed by atoms with E-state index >= 15 is 0 Å². The van der Waals surface area contributed by atoms with Gasteiger partial charge in [0.15, 0.2) is 0 Å². The van der Waals surface area contributed by atoms with Gasteiger partial charge in [-0.15, -0.1) is 0 Å². The average molecular weight is 268 g/mol. The standard InChI is InChI=1S/C17H16O3/c1-13-9-10-15(16(18)12-13)17(19)20-11-5-8-14-6-3-2-4-7-14/h2-10,12,18H,11H2,1H3. The molecular weight excluding hydrogens is 252 g/mol. The Morgan fingerprint density at radius 3 is 2.65 bits per heavy atom. The molecule has 3 nitrogen and oxygen atoms in total. The summed E-state index contributed by atoms with van der Waals surface area (Å²) in [4.78, 5) is 11.8. The molecule has 0 atom stereocenters. The van der Waals surface area contributed by atoms with Gasteiger partial charge in [-0.25, -0.2) is 4.79 Å². The zero-order valence-electron chi connectivity index (χ0n) is 11.2. The number of carbonyl (C=O) groups is 1. The van der Waals surface area contributed by atoms with E-state index in [-0.39, 0.29) is 17.9 Å². The van der Waals surface area contributed by atoms with Crippen molar-refractivity contribution in [2.45, 2.75) is 6.92 Å². The zero-order chi connectivity index (χ0) is 14.4. The largest absolute Gasteiger partial charge is 0.507 e. The molecule has 0 saturated heterocycles. The Labute approximate surface area is 118 Å². The summed E-state index contributed by atoms with van der Waals surface area (Å²) in [5.74, 6) is -0.581. The summed E-state index contributed by atoms with van der Waals surface area (Å²) >= 11 is 0. The highest BCUT2D eigenvalue weighted by molar-refractivity contribution is 5.92. The lowest BCUT2D eigenvalue weighted by atomic mass is 10.1. The van der Waals surface area contributed by atoms with Gasteiger partial charge in [0.1, 0.15) is 17.9 Å². The molecular formula is C17H16O3. The maximum atomic E-state index is 11.8. The fraction of sp³-hybridized carbons (Fsp3) is 0.118. The Hall–Kier alpha value is -2.55. The van der Waals surface area contributed by atoms with Gasteiger partial charge in [0.2, 0.25) is 0 Å². The highest BCUT2D eigenvalue weighted by atomic mass is 16.5. The molecule has 2 aromatic rings. The van der Waals surface area contributed by atoms with Crippen molar-refractivity contribution in [3.8, 4) is 5.75 Å². The number of aryl methyl sites for hydroxylation is 1. The quantitative estimate of drug-likeness (QED) is 0.862. The first-order valence-corrected chi connectivity index (χ1v) is 6.35. The summed E-state index contributed by atoms with van der Waals surface area (Å²) in [5, 5.41) is 9.68. The molecule has 0 radical (unpaired) electrons. The maximum Gasteiger partial charge on any atom is 0.342 e. The average Bonchev–Trinajstić information content (AvgIpc) is 2.44. The first-order chi connectivity index (χ1) is 9.66. The summed E-state index contributed by atoms with van der Waals surface area (Å²) in [7, 11) is 0. The highest BCUT2D eigenvalue weighted by Gasteiger charge is 2.11. The molecule has 2 rings (SSSR count). The molecule has 0 aliphatic carbocycles. The minimum Gasteiger partial charge on any atom is -0.507 e. The number of esters is 1. The van der Waals surface area contributed by atoms with Crippen molar-refractivity contribution < 1.29 is 14.6 Å². The van der Waals surface area contributed by atoms with Gasteiger partial charge in [-0.2, -0.15) is 0 Å². The molecule has 0 heterocycles. The van der Waals surface area contributed by atoms with Gasteiger partial charge in [0.05, 0.1) is 0 Å². The summed E-state index contributed by atoms with van der Waals surface area (Å²) < 4.78 is 5.08. The van der Waals surface area contributed by atoms with Crippen LogP contribution in [0.25, 0.3) is 6.08 Å². The second kappa shape index (κ2) is 6.57. The Balaban J connectivity index is 1.91. The minimum absolute atomic E-state index is 0.0537. The van der Waals surface area contributed by atoms with Gasteiger partial charge >= 0.3 is 5.97 Å². The molecule has 0 bridgehead atoms. The molecule has 0 unspecified atom stereocenters. The van der Waals surface area contributed by atoms with Crippen LogP contribution in [0.5, 0.6) is 5.75 Å². The van der Waals surface area contributed by atoms with Crippen LogP contribution in [0.1, 0.15) is 21.5 Å². The van der Waals surface area contributed by atoms with Crippen LogP contribution in [0.15, 0.2) is 54.6 Å². The van der Waals surface area contributed by atoms with E-state index in [1.807, 2.05) is 43.3 Å². The Kier molecular flexibility index (Phi) is 4.56. The first-order valence-electron chi connectivity index (χ1n) is 6.35. The molecule has 20 heavy (non-hydrogen) atoms. The zero-order valence-corrected chi connectivity index (χ0v) is 11.2.